The van der Waals surface area contributed by atoms with Crippen LogP contribution in [0.2, 0.25) is 18.1 Å². The summed E-state index contributed by atoms with van der Waals surface area (Å²) in [4.78, 5) is 16.7. The fourth-order valence-corrected chi connectivity index (χ4v) is 5.19. The minimum Gasteiger partial charge on any atom is -0.469 e. The summed E-state index contributed by atoms with van der Waals surface area (Å²) in [5, 5.41) is 21.0. The molecule has 40 heavy (non-hydrogen) atoms. The molecule has 0 aliphatic carbocycles. The van der Waals surface area contributed by atoms with Gasteiger partial charge in [0.25, 0.3) is 0 Å². The van der Waals surface area contributed by atoms with Crippen molar-refractivity contribution in [2.24, 2.45) is 0 Å². The standard InChI is InChI=1S/C32H48FNO5Si/c1-20(2)30-26(16-15-24(35)17-25(36)18-28(37)38-8)29(22-11-13-23(33)14-12-22)27(31(34-30)21(3)4)19-39-40(9,10)32(5,6)7/h11-16,20-21,24-25,35-36H,17-19H2,1-10H3/b16-15+/t24-,25-/m1/s1. The molecule has 1 aromatic heterocycles. The largest absolute Gasteiger partial charge is 0.469 e. The van der Waals surface area contributed by atoms with Crippen LogP contribution in [-0.4, -0.2) is 48.8 Å². The molecule has 0 radical (unpaired) electrons. The summed E-state index contributed by atoms with van der Waals surface area (Å²) in [7, 11) is -0.854. The maximum absolute atomic E-state index is 14.0. The van der Waals surface area contributed by atoms with Gasteiger partial charge < -0.3 is 19.4 Å². The van der Waals surface area contributed by atoms with Gasteiger partial charge >= 0.3 is 5.97 Å². The summed E-state index contributed by atoms with van der Waals surface area (Å²) in [5.41, 5.74) is 5.31. The molecule has 0 aliphatic heterocycles. The van der Waals surface area contributed by atoms with E-state index in [9.17, 15) is 19.4 Å². The maximum atomic E-state index is 14.0. The molecule has 2 aromatic rings. The minimum atomic E-state index is -2.11. The Bertz CT molecular complexity index is 1170. The van der Waals surface area contributed by atoms with E-state index in [1.807, 2.05) is 6.08 Å². The molecule has 0 saturated carbocycles. The molecule has 1 aromatic carbocycles. The molecule has 222 valence electrons. The van der Waals surface area contributed by atoms with Crippen molar-refractivity contribution in [3.63, 3.8) is 0 Å². The number of pyridine rings is 1. The number of esters is 1. The number of rotatable bonds is 12. The van der Waals surface area contributed by atoms with Gasteiger partial charge in [0.1, 0.15) is 5.82 Å². The highest BCUT2D eigenvalue weighted by molar-refractivity contribution is 6.74. The van der Waals surface area contributed by atoms with Crippen LogP contribution in [0.1, 0.15) is 95.7 Å². The van der Waals surface area contributed by atoms with E-state index < -0.39 is 26.5 Å². The first kappa shape index (κ1) is 33.8. The smallest absolute Gasteiger partial charge is 0.308 e. The van der Waals surface area contributed by atoms with Crippen LogP contribution in [0.3, 0.4) is 0 Å². The van der Waals surface area contributed by atoms with Gasteiger partial charge in [-0.15, -0.1) is 0 Å². The average Bonchev–Trinajstić information content (AvgIpc) is 2.85. The first-order valence-electron chi connectivity index (χ1n) is 14.1. The molecule has 1 heterocycles. The fourth-order valence-electron chi connectivity index (χ4n) is 4.25. The zero-order valence-corrected chi connectivity index (χ0v) is 26.8. The minimum absolute atomic E-state index is 0.0181. The topological polar surface area (TPSA) is 88.9 Å². The number of aliphatic hydroxyl groups excluding tert-OH is 2. The van der Waals surface area contributed by atoms with Gasteiger partial charge in [0.05, 0.1) is 38.0 Å². The van der Waals surface area contributed by atoms with E-state index >= 15 is 0 Å². The van der Waals surface area contributed by atoms with Crippen LogP contribution in [0.5, 0.6) is 0 Å². The normalized spacial score (nSPS) is 14.3. The van der Waals surface area contributed by atoms with Gasteiger partial charge in [-0.2, -0.15) is 0 Å². The van der Waals surface area contributed by atoms with E-state index in [4.69, 9.17) is 9.41 Å². The lowest BCUT2D eigenvalue weighted by Crippen LogP contribution is -2.40. The van der Waals surface area contributed by atoms with Crippen molar-refractivity contribution >= 4 is 20.4 Å². The second kappa shape index (κ2) is 14.0. The summed E-state index contributed by atoms with van der Waals surface area (Å²) >= 11 is 0. The quantitative estimate of drug-likeness (QED) is 0.204. The molecule has 2 rings (SSSR count). The Labute approximate surface area is 240 Å². The third-order valence-electron chi connectivity index (χ3n) is 7.64. The lowest BCUT2D eigenvalue weighted by Gasteiger charge is -2.37. The maximum Gasteiger partial charge on any atom is 0.308 e. The van der Waals surface area contributed by atoms with Crippen LogP contribution < -0.4 is 0 Å². The Morgan fingerprint density at radius 2 is 1.62 bits per heavy atom. The van der Waals surface area contributed by atoms with Gasteiger partial charge in [-0.25, -0.2) is 4.39 Å². The van der Waals surface area contributed by atoms with Crippen molar-refractivity contribution in [3.8, 4) is 11.1 Å². The molecule has 2 atom stereocenters. The van der Waals surface area contributed by atoms with Crippen molar-refractivity contribution in [2.75, 3.05) is 7.11 Å². The van der Waals surface area contributed by atoms with Crippen LogP contribution in [0.25, 0.3) is 17.2 Å². The molecule has 0 aliphatic rings. The third-order valence-corrected chi connectivity index (χ3v) is 12.1. The van der Waals surface area contributed by atoms with E-state index in [0.29, 0.717) is 6.61 Å². The fraction of sp³-hybridized carbons (Fsp3) is 0.562. The van der Waals surface area contributed by atoms with Crippen molar-refractivity contribution < 1.29 is 28.6 Å². The van der Waals surface area contributed by atoms with Gasteiger partial charge in [-0.05, 0) is 53.2 Å². The van der Waals surface area contributed by atoms with E-state index in [1.165, 1.54) is 19.2 Å². The second-order valence-corrected chi connectivity index (χ2v) is 17.4. The number of nitrogens with zero attached hydrogens (tertiary/aromatic N) is 1. The summed E-state index contributed by atoms with van der Waals surface area (Å²) < 4.78 is 25.3. The van der Waals surface area contributed by atoms with E-state index in [1.54, 1.807) is 18.2 Å². The highest BCUT2D eigenvalue weighted by Gasteiger charge is 2.38. The number of hydrogen-bond donors (Lipinski definition) is 2. The third kappa shape index (κ3) is 8.80. The molecule has 0 saturated heterocycles. The van der Waals surface area contributed by atoms with Crippen LogP contribution in [0.4, 0.5) is 4.39 Å². The average molecular weight is 574 g/mol. The van der Waals surface area contributed by atoms with Gasteiger partial charge in [-0.1, -0.05) is 72.8 Å². The summed E-state index contributed by atoms with van der Waals surface area (Å²) in [5.74, 6) is -0.679. The second-order valence-electron chi connectivity index (χ2n) is 12.6. The predicted octanol–water partition coefficient (Wildman–Crippen LogP) is 7.34. The van der Waals surface area contributed by atoms with Crippen LogP contribution >= 0.6 is 0 Å². The number of methoxy groups -OCH3 is 1. The zero-order chi connectivity index (χ0) is 30.4. The predicted molar refractivity (Wildman–Crippen MR) is 162 cm³/mol. The Hall–Kier alpha value is -2.39. The lowest BCUT2D eigenvalue weighted by molar-refractivity contribution is -0.143. The van der Waals surface area contributed by atoms with Gasteiger partial charge in [0.15, 0.2) is 8.32 Å². The molecule has 8 heteroatoms. The summed E-state index contributed by atoms with van der Waals surface area (Å²) in [6.45, 7) is 19.8. The molecule has 6 nitrogen and oxygen atoms in total. The molecule has 2 N–H and O–H groups in total. The van der Waals surface area contributed by atoms with Gasteiger partial charge in [0.2, 0.25) is 0 Å². The summed E-state index contributed by atoms with van der Waals surface area (Å²) in [6, 6.07) is 6.43. The van der Waals surface area contributed by atoms with E-state index in [-0.39, 0.29) is 35.5 Å². The Kier molecular flexibility index (Phi) is 11.8. The lowest BCUT2D eigenvalue weighted by atomic mass is 9.87. The number of aliphatic hydroxyl groups is 2. The SMILES string of the molecule is COC(=O)C[C@H](O)C[C@H](O)/C=C/c1c(C(C)C)nc(C(C)C)c(CO[Si](C)(C)C(C)(C)C)c1-c1ccc(F)cc1. The van der Waals surface area contributed by atoms with E-state index in [0.717, 1.165) is 33.6 Å². The summed E-state index contributed by atoms with van der Waals surface area (Å²) in [6.07, 6.45) is 1.19. The van der Waals surface area contributed by atoms with E-state index in [2.05, 4.69) is 66.3 Å². The number of hydrogen-bond acceptors (Lipinski definition) is 6. The molecule has 0 amide bonds. The molecule has 0 unspecified atom stereocenters. The molecular weight excluding hydrogens is 525 g/mol. The van der Waals surface area contributed by atoms with Crippen molar-refractivity contribution in [3.05, 3.63) is 58.7 Å². The Morgan fingerprint density at radius 1 is 1.05 bits per heavy atom. The number of ether oxygens (including phenoxy) is 1. The molecular formula is C32H48FNO5Si. The molecule has 0 spiro atoms. The number of halogens is 1. The Balaban J connectivity index is 2.75. The van der Waals surface area contributed by atoms with Gasteiger partial charge in [0, 0.05) is 23.2 Å². The molecule has 0 bridgehead atoms. The number of aromatic nitrogens is 1. The molecule has 0 fully saturated rings. The number of benzene rings is 1. The highest BCUT2D eigenvalue weighted by Crippen LogP contribution is 2.41. The zero-order valence-electron chi connectivity index (χ0n) is 25.8. The van der Waals surface area contributed by atoms with Gasteiger partial charge in [-0.3, -0.25) is 9.78 Å². The number of carbonyl (C=O) groups excluding carboxylic acids is 1. The number of carbonyl (C=O) groups is 1. The van der Waals surface area contributed by atoms with Crippen LogP contribution in [0.15, 0.2) is 30.3 Å². The van der Waals surface area contributed by atoms with Crippen LogP contribution in [0, 0.1) is 5.82 Å². The van der Waals surface area contributed by atoms with Crippen molar-refractivity contribution in [2.45, 2.75) is 110 Å². The van der Waals surface area contributed by atoms with Crippen molar-refractivity contribution in [1.82, 2.24) is 4.98 Å². The van der Waals surface area contributed by atoms with Crippen LogP contribution in [-0.2, 0) is 20.6 Å². The van der Waals surface area contributed by atoms with Crippen molar-refractivity contribution in [1.29, 1.82) is 0 Å². The first-order chi connectivity index (χ1) is 18.5. The highest BCUT2D eigenvalue weighted by atomic mass is 28.4. The Morgan fingerprint density at radius 3 is 2.12 bits per heavy atom. The first-order valence-corrected chi connectivity index (χ1v) is 17.0. The monoisotopic (exact) mass is 573 g/mol.